The van der Waals surface area contributed by atoms with Gasteiger partial charge in [-0.3, -0.25) is 4.79 Å². The molecule has 7 heteroatoms. The first-order valence-corrected chi connectivity index (χ1v) is 10.4. The van der Waals surface area contributed by atoms with Crippen LogP contribution in [0.1, 0.15) is 44.2 Å². The van der Waals surface area contributed by atoms with Crippen molar-refractivity contribution in [1.82, 2.24) is 10.6 Å². The summed E-state index contributed by atoms with van der Waals surface area (Å²) in [6.45, 7) is 5.16. The topological polar surface area (TPSA) is 105 Å². The molecule has 0 fully saturated rings. The van der Waals surface area contributed by atoms with Crippen LogP contribution in [0.4, 0.5) is 4.79 Å². The minimum atomic E-state index is -1.09. The molecule has 7 nitrogen and oxygen atoms in total. The third kappa shape index (κ3) is 4.87. The molecular weight excluding hydrogens is 396 g/mol. The van der Waals surface area contributed by atoms with Crippen molar-refractivity contribution in [2.24, 2.45) is 5.41 Å². The van der Waals surface area contributed by atoms with E-state index in [1.807, 2.05) is 36.4 Å². The number of aliphatic carboxylic acids is 1. The van der Waals surface area contributed by atoms with Crippen LogP contribution in [0, 0.1) is 5.41 Å². The predicted octanol–water partition coefficient (Wildman–Crippen LogP) is 3.53. The van der Waals surface area contributed by atoms with Crippen LogP contribution in [0.3, 0.4) is 0 Å². The van der Waals surface area contributed by atoms with Gasteiger partial charge in [-0.15, -0.1) is 0 Å². The highest BCUT2D eigenvalue weighted by molar-refractivity contribution is 5.87. The van der Waals surface area contributed by atoms with Crippen molar-refractivity contribution in [3.8, 4) is 11.1 Å². The normalized spacial score (nSPS) is 13.6. The lowest BCUT2D eigenvalue weighted by molar-refractivity contribution is -0.143. The van der Waals surface area contributed by atoms with Gasteiger partial charge in [0.1, 0.15) is 12.6 Å². The summed E-state index contributed by atoms with van der Waals surface area (Å²) in [5.41, 5.74) is 3.54. The first-order valence-electron chi connectivity index (χ1n) is 10.4. The van der Waals surface area contributed by atoms with Gasteiger partial charge in [0.15, 0.2) is 0 Å². The molecule has 1 atom stereocenters. The minimum absolute atomic E-state index is 0.0194. The maximum Gasteiger partial charge on any atom is 0.407 e. The average molecular weight is 424 g/mol. The molecule has 31 heavy (non-hydrogen) atoms. The standard InChI is InChI=1S/C24H28N2O5/c1-4-20(21(27)28)26-22(29)24(2,3)14-25-23(30)31-13-19-17-11-7-5-9-15(17)16-10-6-8-12-18(16)19/h5-12,19-20H,4,13-14H2,1-3H3,(H,25,30)(H,26,29)(H,27,28)/t20-/m1/s1. The number of carbonyl (C=O) groups is 3. The zero-order chi connectivity index (χ0) is 22.6. The number of ether oxygens (including phenoxy) is 1. The molecule has 2 amide bonds. The number of carboxylic acid groups (broad SMARTS) is 1. The fourth-order valence-corrected chi connectivity index (χ4v) is 3.71. The van der Waals surface area contributed by atoms with Crippen LogP contribution in [0.5, 0.6) is 0 Å². The van der Waals surface area contributed by atoms with Gasteiger partial charge in [0.05, 0.1) is 5.41 Å². The van der Waals surface area contributed by atoms with Crippen LogP contribution >= 0.6 is 0 Å². The van der Waals surface area contributed by atoms with Crippen molar-refractivity contribution in [3.05, 3.63) is 59.7 Å². The smallest absolute Gasteiger partial charge is 0.407 e. The van der Waals surface area contributed by atoms with Crippen LogP contribution in [0.2, 0.25) is 0 Å². The summed E-state index contributed by atoms with van der Waals surface area (Å²) < 4.78 is 5.48. The van der Waals surface area contributed by atoms with E-state index < -0.39 is 29.4 Å². The predicted molar refractivity (Wildman–Crippen MR) is 117 cm³/mol. The van der Waals surface area contributed by atoms with Gasteiger partial charge in [-0.25, -0.2) is 9.59 Å². The van der Waals surface area contributed by atoms with Gasteiger partial charge in [0, 0.05) is 12.5 Å². The van der Waals surface area contributed by atoms with Crippen LogP contribution in [-0.4, -0.2) is 42.3 Å². The Morgan fingerprint density at radius 1 is 1.03 bits per heavy atom. The van der Waals surface area contributed by atoms with Gasteiger partial charge in [-0.2, -0.15) is 0 Å². The summed E-state index contributed by atoms with van der Waals surface area (Å²) in [5, 5.41) is 14.2. The molecule has 2 aromatic rings. The molecule has 164 valence electrons. The monoisotopic (exact) mass is 424 g/mol. The molecule has 0 aromatic heterocycles. The molecule has 0 spiro atoms. The Kier molecular flexibility index (Phi) is 6.63. The summed E-state index contributed by atoms with van der Waals surface area (Å²) >= 11 is 0. The van der Waals surface area contributed by atoms with Gasteiger partial charge >= 0.3 is 12.1 Å². The maximum absolute atomic E-state index is 12.4. The Bertz CT molecular complexity index is 940. The number of rotatable bonds is 8. The van der Waals surface area contributed by atoms with Gasteiger partial charge in [0.2, 0.25) is 5.91 Å². The molecule has 0 bridgehead atoms. The summed E-state index contributed by atoms with van der Waals surface area (Å²) in [5.74, 6) is -1.58. The van der Waals surface area contributed by atoms with Crippen LogP contribution < -0.4 is 10.6 Å². The molecule has 0 aliphatic heterocycles. The number of amides is 2. The number of carboxylic acids is 1. The molecular formula is C24H28N2O5. The van der Waals surface area contributed by atoms with Crippen molar-refractivity contribution in [2.75, 3.05) is 13.2 Å². The van der Waals surface area contributed by atoms with Crippen LogP contribution in [0.25, 0.3) is 11.1 Å². The van der Waals surface area contributed by atoms with Crippen molar-refractivity contribution in [2.45, 2.75) is 39.2 Å². The van der Waals surface area contributed by atoms with Crippen molar-refractivity contribution >= 4 is 18.0 Å². The Balaban J connectivity index is 1.57. The Hall–Kier alpha value is -3.35. The second-order valence-corrected chi connectivity index (χ2v) is 8.34. The van der Waals surface area contributed by atoms with Gasteiger partial charge < -0.3 is 20.5 Å². The van der Waals surface area contributed by atoms with E-state index in [-0.39, 0.29) is 25.5 Å². The maximum atomic E-state index is 12.4. The number of benzene rings is 2. The quantitative estimate of drug-likeness (QED) is 0.601. The van der Waals surface area contributed by atoms with E-state index in [1.54, 1.807) is 20.8 Å². The number of fused-ring (bicyclic) bond motifs is 3. The lowest BCUT2D eigenvalue weighted by Gasteiger charge is -2.26. The number of hydrogen-bond acceptors (Lipinski definition) is 4. The molecule has 0 radical (unpaired) electrons. The molecule has 1 aliphatic rings. The molecule has 0 heterocycles. The van der Waals surface area contributed by atoms with E-state index in [1.165, 1.54) is 0 Å². The Morgan fingerprint density at radius 2 is 1.58 bits per heavy atom. The van der Waals surface area contributed by atoms with Gasteiger partial charge in [-0.05, 0) is 42.5 Å². The highest BCUT2D eigenvalue weighted by atomic mass is 16.5. The lowest BCUT2D eigenvalue weighted by atomic mass is 9.91. The summed E-state index contributed by atoms with van der Waals surface area (Å²) in [6, 6.07) is 15.2. The van der Waals surface area contributed by atoms with Crippen molar-refractivity contribution < 1.29 is 24.2 Å². The van der Waals surface area contributed by atoms with E-state index in [9.17, 15) is 14.4 Å². The molecule has 3 rings (SSSR count). The number of nitrogens with one attached hydrogen (secondary N) is 2. The summed E-state index contributed by atoms with van der Waals surface area (Å²) in [7, 11) is 0. The van der Waals surface area contributed by atoms with Crippen molar-refractivity contribution in [1.29, 1.82) is 0 Å². The fourth-order valence-electron chi connectivity index (χ4n) is 3.71. The highest BCUT2D eigenvalue weighted by Crippen LogP contribution is 2.44. The SMILES string of the molecule is CC[C@@H](NC(=O)C(C)(C)CNC(=O)OCC1c2ccccc2-c2ccccc21)C(=O)O. The third-order valence-electron chi connectivity index (χ3n) is 5.64. The van der Waals surface area contributed by atoms with E-state index in [0.29, 0.717) is 0 Å². The van der Waals surface area contributed by atoms with E-state index >= 15 is 0 Å². The lowest BCUT2D eigenvalue weighted by Crippen LogP contribution is -2.50. The molecule has 1 aliphatic carbocycles. The van der Waals surface area contributed by atoms with Gasteiger partial charge in [0.25, 0.3) is 0 Å². The van der Waals surface area contributed by atoms with E-state index in [0.717, 1.165) is 22.3 Å². The zero-order valence-electron chi connectivity index (χ0n) is 18.0. The second-order valence-electron chi connectivity index (χ2n) is 8.34. The summed E-state index contributed by atoms with van der Waals surface area (Å²) in [6.07, 6.45) is -0.343. The summed E-state index contributed by atoms with van der Waals surface area (Å²) in [4.78, 5) is 35.9. The first kappa shape index (κ1) is 22.3. The molecule has 3 N–H and O–H groups in total. The second kappa shape index (κ2) is 9.20. The third-order valence-corrected chi connectivity index (χ3v) is 5.64. The average Bonchev–Trinajstić information content (AvgIpc) is 3.08. The molecule has 2 aromatic carbocycles. The first-order chi connectivity index (χ1) is 14.7. The number of carbonyl (C=O) groups excluding carboxylic acids is 2. The van der Waals surface area contributed by atoms with Crippen molar-refractivity contribution in [3.63, 3.8) is 0 Å². The number of hydrogen-bond donors (Lipinski definition) is 3. The Labute approximate surface area is 181 Å². The zero-order valence-corrected chi connectivity index (χ0v) is 18.0. The molecule has 0 saturated heterocycles. The van der Waals surface area contributed by atoms with E-state index in [4.69, 9.17) is 9.84 Å². The highest BCUT2D eigenvalue weighted by Gasteiger charge is 2.32. The fraction of sp³-hybridized carbons (Fsp3) is 0.375. The van der Waals surface area contributed by atoms with Crippen LogP contribution in [0.15, 0.2) is 48.5 Å². The molecule has 0 unspecified atom stereocenters. The van der Waals surface area contributed by atoms with Crippen LogP contribution in [-0.2, 0) is 14.3 Å². The number of alkyl carbamates (subject to hydrolysis) is 1. The minimum Gasteiger partial charge on any atom is -0.480 e. The Morgan fingerprint density at radius 3 is 2.10 bits per heavy atom. The molecule has 0 saturated carbocycles. The largest absolute Gasteiger partial charge is 0.480 e. The van der Waals surface area contributed by atoms with E-state index in [2.05, 4.69) is 22.8 Å². The van der Waals surface area contributed by atoms with Gasteiger partial charge in [-0.1, -0.05) is 55.5 Å².